The molecule has 0 heterocycles. The fourth-order valence-electron chi connectivity index (χ4n) is 2.01. The van der Waals surface area contributed by atoms with Gasteiger partial charge in [0.25, 0.3) is 0 Å². The normalized spacial score (nSPS) is 10.5. The predicted octanol–water partition coefficient (Wildman–Crippen LogP) is 4.91. The topological polar surface area (TPSA) is 65.0 Å². The standard InChI is InChI=1S/C19H18O5.ClH/c1-22-17-11-15(12-18(13-17)23-2)6-4-3-5-14-7-9-16(10-8-14)24-19(20)21;/h3-13H,1-2H3,(H,20,21);1H/b5-3+,6-4+;. The Hall–Kier alpha value is -2.92. The second-order valence-electron chi connectivity index (χ2n) is 4.80. The van der Waals surface area contributed by atoms with Crippen molar-refractivity contribution in [1.29, 1.82) is 0 Å². The van der Waals surface area contributed by atoms with Crippen LogP contribution in [0.15, 0.2) is 54.6 Å². The lowest BCUT2D eigenvalue weighted by molar-refractivity contribution is 0.144. The van der Waals surface area contributed by atoms with E-state index in [1.54, 1.807) is 38.5 Å². The summed E-state index contributed by atoms with van der Waals surface area (Å²) in [4.78, 5) is 10.4. The number of hydrogen-bond donors (Lipinski definition) is 1. The van der Waals surface area contributed by atoms with Crippen molar-refractivity contribution in [2.75, 3.05) is 14.2 Å². The Morgan fingerprint density at radius 3 is 1.84 bits per heavy atom. The van der Waals surface area contributed by atoms with Gasteiger partial charge in [-0.15, -0.1) is 12.4 Å². The maximum Gasteiger partial charge on any atom is 0.511 e. The van der Waals surface area contributed by atoms with Crippen molar-refractivity contribution < 1.29 is 24.1 Å². The van der Waals surface area contributed by atoms with Gasteiger partial charge in [0.1, 0.15) is 17.2 Å². The Morgan fingerprint density at radius 2 is 1.36 bits per heavy atom. The number of rotatable bonds is 6. The van der Waals surface area contributed by atoms with Crippen LogP contribution in [0, 0.1) is 0 Å². The Labute approximate surface area is 152 Å². The average molecular weight is 363 g/mol. The molecule has 132 valence electrons. The van der Waals surface area contributed by atoms with Gasteiger partial charge in [-0.1, -0.05) is 36.4 Å². The third-order valence-corrected chi connectivity index (χ3v) is 3.15. The number of carboxylic acid groups (broad SMARTS) is 1. The van der Waals surface area contributed by atoms with E-state index in [0.717, 1.165) is 22.6 Å². The van der Waals surface area contributed by atoms with Crippen LogP contribution in [-0.2, 0) is 0 Å². The average Bonchev–Trinajstić information content (AvgIpc) is 2.59. The fraction of sp³-hybridized carbons (Fsp3) is 0.105. The summed E-state index contributed by atoms with van der Waals surface area (Å²) in [7, 11) is 3.22. The molecule has 2 aromatic carbocycles. The number of carbonyl (C=O) groups is 1. The molecule has 25 heavy (non-hydrogen) atoms. The van der Waals surface area contributed by atoms with Crippen LogP contribution in [-0.4, -0.2) is 25.5 Å². The summed E-state index contributed by atoms with van der Waals surface area (Å²) < 4.78 is 15.0. The molecule has 1 N–H and O–H groups in total. The van der Waals surface area contributed by atoms with Crippen molar-refractivity contribution in [3.05, 3.63) is 65.7 Å². The molecule has 0 atom stereocenters. The molecule has 0 saturated heterocycles. The van der Waals surface area contributed by atoms with Crippen LogP contribution >= 0.6 is 12.4 Å². The molecular formula is C19H19ClO5. The number of halogens is 1. The molecule has 0 unspecified atom stereocenters. The summed E-state index contributed by atoms with van der Waals surface area (Å²) in [6.07, 6.45) is 6.30. The minimum Gasteiger partial charge on any atom is -0.497 e. The minimum absolute atomic E-state index is 0. The Kier molecular flexibility index (Phi) is 8.09. The van der Waals surface area contributed by atoms with E-state index in [2.05, 4.69) is 4.74 Å². The molecule has 0 bridgehead atoms. The summed E-state index contributed by atoms with van der Waals surface area (Å²) in [5.74, 6) is 1.75. The van der Waals surface area contributed by atoms with Gasteiger partial charge < -0.3 is 19.3 Å². The summed E-state index contributed by atoms with van der Waals surface area (Å²) in [5.41, 5.74) is 1.89. The molecule has 6 heteroatoms. The number of allylic oxidation sites excluding steroid dienone is 2. The van der Waals surface area contributed by atoms with Gasteiger partial charge in [0.15, 0.2) is 0 Å². The molecule has 2 aromatic rings. The van der Waals surface area contributed by atoms with Crippen molar-refractivity contribution in [2.24, 2.45) is 0 Å². The van der Waals surface area contributed by atoms with Crippen LogP contribution in [0.2, 0.25) is 0 Å². The largest absolute Gasteiger partial charge is 0.511 e. The maximum atomic E-state index is 10.4. The van der Waals surface area contributed by atoms with E-state index in [1.165, 1.54) is 0 Å². The van der Waals surface area contributed by atoms with Gasteiger partial charge in [-0.25, -0.2) is 4.79 Å². The molecule has 0 aliphatic heterocycles. The Balaban J connectivity index is 0.00000312. The Bertz CT molecular complexity index is 729. The van der Waals surface area contributed by atoms with Gasteiger partial charge in [-0.3, -0.25) is 0 Å². The first-order valence-corrected chi connectivity index (χ1v) is 7.19. The summed E-state index contributed by atoms with van der Waals surface area (Å²) >= 11 is 0. The van der Waals surface area contributed by atoms with Crippen LogP contribution in [0.4, 0.5) is 4.79 Å². The molecule has 0 fully saturated rings. The van der Waals surface area contributed by atoms with Gasteiger partial charge in [0.05, 0.1) is 14.2 Å². The van der Waals surface area contributed by atoms with Gasteiger partial charge in [0, 0.05) is 6.07 Å². The van der Waals surface area contributed by atoms with E-state index in [9.17, 15) is 4.79 Å². The van der Waals surface area contributed by atoms with Crippen LogP contribution in [0.25, 0.3) is 12.2 Å². The summed E-state index contributed by atoms with van der Waals surface area (Å²) in [6, 6.07) is 12.4. The molecule has 2 rings (SSSR count). The van der Waals surface area contributed by atoms with E-state index >= 15 is 0 Å². The van der Waals surface area contributed by atoms with Gasteiger partial charge in [0.2, 0.25) is 0 Å². The third-order valence-electron chi connectivity index (χ3n) is 3.15. The number of methoxy groups -OCH3 is 2. The lowest BCUT2D eigenvalue weighted by atomic mass is 10.1. The molecule has 5 nitrogen and oxygen atoms in total. The first-order chi connectivity index (χ1) is 11.6. The van der Waals surface area contributed by atoms with E-state index in [0.29, 0.717) is 5.75 Å². The minimum atomic E-state index is -1.32. The third kappa shape index (κ3) is 6.61. The van der Waals surface area contributed by atoms with Crippen molar-refractivity contribution in [3.63, 3.8) is 0 Å². The SMILES string of the molecule is COc1cc(/C=C/C=C/c2ccc(OC(=O)O)cc2)cc(OC)c1.Cl. The van der Waals surface area contributed by atoms with Crippen molar-refractivity contribution >= 4 is 30.7 Å². The lowest BCUT2D eigenvalue weighted by Crippen LogP contribution is -2.02. The molecule has 0 radical (unpaired) electrons. The summed E-state index contributed by atoms with van der Waals surface area (Å²) in [5, 5.41) is 8.53. The zero-order valence-corrected chi connectivity index (χ0v) is 14.7. The molecule has 0 spiro atoms. The van der Waals surface area contributed by atoms with Crippen LogP contribution < -0.4 is 14.2 Å². The van der Waals surface area contributed by atoms with E-state index in [1.807, 2.05) is 42.5 Å². The maximum absolute atomic E-state index is 10.4. The predicted molar refractivity (Wildman–Crippen MR) is 100.0 cm³/mol. The number of benzene rings is 2. The van der Waals surface area contributed by atoms with Crippen LogP contribution in [0.5, 0.6) is 17.2 Å². The lowest BCUT2D eigenvalue weighted by Gasteiger charge is -2.05. The fourth-order valence-corrected chi connectivity index (χ4v) is 2.01. The Morgan fingerprint density at radius 1 is 0.840 bits per heavy atom. The zero-order valence-electron chi connectivity index (χ0n) is 13.8. The molecule has 0 saturated carbocycles. The van der Waals surface area contributed by atoms with Crippen LogP contribution in [0.3, 0.4) is 0 Å². The molecule has 0 aromatic heterocycles. The van der Waals surface area contributed by atoms with Crippen molar-refractivity contribution in [3.8, 4) is 17.2 Å². The van der Waals surface area contributed by atoms with Gasteiger partial charge in [-0.05, 0) is 35.4 Å². The van der Waals surface area contributed by atoms with Crippen molar-refractivity contribution in [2.45, 2.75) is 0 Å². The highest BCUT2D eigenvalue weighted by Crippen LogP contribution is 2.23. The van der Waals surface area contributed by atoms with Crippen LogP contribution in [0.1, 0.15) is 11.1 Å². The molecule has 0 aliphatic carbocycles. The monoisotopic (exact) mass is 362 g/mol. The van der Waals surface area contributed by atoms with E-state index in [4.69, 9.17) is 14.6 Å². The van der Waals surface area contributed by atoms with Gasteiger partial charge in [-0.2, -0.15) is 0 Å². The second-order valence-corrected chi connectivity index (χ2v) is 4.80. The first-order valence-electron chi connectivity index (χ1n) is 7.19. The highest BCUT2D eigenvalue weighted by Gasteiger charge is 2.00. The van der Waals surface area contributed by atoms with Gasteiger partial charge >= 0.3 is 6.16 Å². The number of ether oxygens (including phenoxy) is 3. The second kappa shape index (κ2) is 10.1. The van der Waals surface area contributed by atoms with Crippen molar-refractivity contribution in [1.82, 2.24) is 0 Å². The zero-order chi connectivity index (χ0) is 17.4. The van der Waals surface area contributed by atoms with E-state index in [-0.39, 0.29) is 12.4 Å². The van der Waals surface area contributed by atoms with E-state index < -0.39 is 6.16 Å². The quantitative estimate of drug-likeness (QED) is 0.449. The smallest absolute Gasteiger partial charge is 0.497 e. The molecule has 0 amide bonds. The first kappa shape index (κ1) is 20.1. The summed E-state index contributed by atoms with van der Waals surface area (Å²) in [6.45, 7) is 0. The molecule has 0 aliphatic rings. The molecular weight excluding hydrogens is 344 g/mol. The highest BCUT2D eigenvalue weighted by molar-refractivity contribution is 5.85. The number of hydrogen-bond acceptors (Lipinski definition) is 4. The highest BCUT2D eigenvalue weighted by atomic mass is 35.5.